The Morgan fingerprint density at radius 1 is 1.16 bits per heavy atom. The van der Waals surface area contributed by atoms with E-state index in [1.807, 2.05) is 18.4 Å². The number of rotatable bonds is 7. The highest BCUT2D eigenvalue weighted by molar-refractivity contribution is 5.87. The molecule has 0 saturated carbocycles. The topological polar surface area (TPSA) is 58.5 Å². The van der Waals surface area contributed by atoms with Gasteiger partial charge in [-0.2, -0.15) is 0 Å². The highest BCUT2D eigenvalue weighted by Gasteiger charge is 2.28. The van der Waals surface area contributed by atoms with Crippen molar-refractivity contribution < 1.29 is 9.47 Å². The first-order valence-electron chi connectivity index (χ1n) is 11.1. The third-order valence-electron chi connectivity index (χ3n) is 6.36. The van der Waals surface area contributed by atoms with Crippen molar-refractivity contribution in [3.8, 4) is 11.5 Å². The Morgan fingerprint density at radius 3 is 2.75 bits per heavy atom. The van der Waals surface area contributed by atoms with Gasteiger partial charge in [0.1, 0.15) is 0 Å². The highest BCUT2D eigenvalue weighted by Crippen LogP contribution is 2.32. The van der Waals surface area contributed by atoms with Crippen molar-refractivity contribution in [3.63, 3.8) is 0 Å². The van der Waals surface area contributed by atoms with E-state index in [2.05, 4.69) is 22.4 Å². The molecule has 1 aromatic rings. The lowest BCUT2D eigenvalue weighted by Gasteiger charge is -2.24. The molecule has 1 fully saturated rings. The largest absolute Gasteiger partial charge is 0.493 e. The molecule has 4 aliphatic rings. The van der Waals surface area contributed by atoms with Gasteiger partial charge in [0.2, 0.25) is 0 Å². The number of allylic oxidation sites excluding steroid dienone is 1. The molecule has 0 aromatic heterocycles. The van der Waals surface area contributed by atoms with Crippen LogP contribution >= 0.6 is 24.8 Å². The third-order valence-corrected chi connectivity index (χ3v) is 6.36. The molecule has 174 valence electrons. The third kappa shape index (κ3) is 5.04. The Labute approximate surface area is 202 Å². The number of methoxy groups -OCH3 is 1. The minimum Gasteiger partial charge on any atom is -0.493 e. The van der Waals surface area contributed by atoms with E-state index >= 15 is 0 Å². The van der Waals surface area contributed by atoms with Gasteiger partial charge in [-0.3, -0.25) is 4.99 Å². The molecular weight excluding hydrogens is 447 g/mol. The fraction of sp³-hybridized carbons (Fsp3) is 0.500. The Balaban J connectivity index is 0.00000144. The van der Waals surface area contributed by atoms with Gasteiger partial charge >= 0.3 is 0 Å². The number of halogens is 2. The predicted octanol–water partition coefficient (Wildman–Crippen LogP) is 2.44. The van der Waals surface area contributed by atoms with Gasteiger partial charge in [0.25, 0.3) is 0 Å². The predicted molar refractivity (Wildman–Crippen MR) is 133 cm³/mol. The molecule has 1 N–H and O–H groups in total. The Morgan fingerprint density at radius 2 is 2.00 bits per heavy atom. The molecule has 1 atom stereocenters. The lowest BCUT2D eigenvalue weighted by molar-refractivity contribution is 0.254. The van der Waals surface area contributed by atoms with E-state index in [0.29, 0.717) is 6.61 Å². The summed E-state index contributed by atoms with van der Waals surface area (Å²) in [6, 6.07) is 4.17. The quantitative estimate of drug-likeness (QED) is 0.482. The van der Waals surface area contributed by atoms with E-state index < -0.39 is 0 Å². The lowest BCUT2D eigenvalue weighted by atomic mass is 9.90. The number of benzene rings is 1. The van der Waals surface area contributed by atoms with Crippen molar-refractivity contribution in [2.75, 3.05) is 46.4 Å². The Bertz CT molecular complexity index is 1030. The van der Waals surface area contributed by atoms with Crippen molar-refractivity contribution >= 4 is 36.6 Å². The van der Waals surface area contributed by atoms with Crippen LogP contribution in [0.25, 0.3) is 5.57 Å². The van der Waals surface area contributed by atoms with Crippen LogP contribution in [0.15, 0.2) is 45.5 Å². The molecule has 32 heavy (non-hydrogen) atoms. The van der Waals surface area contributed by atoms with Crippen molar-refractivity contribution in [3.05, 3.63) is 46.1 Å². The van der Waals surface area contributed by atoms with E-state index in [1.165, 1.54) is 37.1 Å². The number of nitrogens with one attached hydrogen (secondary N) is 1. The molecule has 0 bridgehead atoms. The summed E-state index contributed by atoms with van der Waals surface area (Å²) in [5.41, 5.74) is 3.58. The number of aliphatic imine (C=N–C) groups is 1. The molecule has 4 aliphatic heterocycles. The van der Waals surface area contributed by atoms with E-state index in [9.17, 15) is 0 Å². The first-order chi connectivity index (χ1) is 14.8. The fourth-order valence-corrected chi connectivity index (χ4v) is 4.79. The summed E-state index contributed by atoms with van der Waals surface area (Å²) >= 11 is 0. The highest BCUT2D eigenvalue weighted by atomic mass is 35.5. The molecule has 4 heterocycles. The van der Waals surface area contributed by atoms with Crippen LogP contribution in [0.4, 0.5) is 0 Å². The SMILES string of the molecule is COc1cc2c(cc1OCCCN1CCCC1)=NC1=CC=NC(C3=CCNCC3)C=21.Cl.Cl. The summed E-state index contributed by atoms with van der Waals surface area (Å²) in [7, 11) is 1.71. The zero-order chi connectivity index (χ0) is 20.3. The molecule has 6 nitrogen and oxygen atoms in total. The molecule has 1 unspecified atom stereocenters. The smallest absolute Gasteiger partial charge is 0.163 e. The molecule has 1 saturated heterocycles. The zero-order valence-electron chi connectivity index (χ0n) is 18.5. The summed E-state index contributed by atoms with van der Waals surface area (Å²) in [5.74, 6) is 1.55. The molecule has 0 radical (unpaired) electrons. The number of nitrogens with zero attached hydrogens (tertiary/aromatic N) is 3. The van der Waals surface area contributed by atoms with E-state index in [1.54, 1.807) is 7.11 Å². The number of dihydropyridines is 1. The second kappa shape index (κ2) is 11.3. The van der Waals surface area contributed by atoms with Gasteiger partial charge in [-0.25, -0.2) is 4.99 Å². The van der Waals surface area contributed by atoms with Gasteiger partial charge in [-0.15, -0.1) is 24.8 Å². The van der Waals surface area contributed by atoms with Gasteiger partial charge in [-0.05, 0) is 63.0 Å². The van der Waals surface area contributed by atoms with Crippen LogP contribution in [0.2, 0.25) is 0 Å². The Hall–Kier alpha value is -1.86. The van der Waals surface area contributed by atoms with Gasteiger partial charge < -0.3 is 19.7 Å². The summed E-state index contributed by atoms with van der Waals surface area (Å²) in [4.78, 5) is 12.2. The second-order valence-electron chi connectivity index (χ2n) is 8.28. The number of ether oxygens (including phenoxy) is 2. The summed E-state index contributed by atoms with van der Waals surface area (Å²) in [5, 5.41) is 5.46. The first-order valence-corrected chi connectivity index (χ1v) is 11.1. The lowest BCUT2D eigenvalue weighted by Crippen LogP contribution is -2.31. The monoisotopic (exact) mass is 478 g/mol. The van der Waals surface area contributed by atoms with E-state index in [4.69, 9.17) is 19.5 Å². The minimum absolute atomic E-state index is 0. The molecule has 0 spiro atoms. The van der Waals surface area contributed by atoms with Crippen LogP contribution in [0.3, 0.4) is 0 Å². The number of fused-ring (bicyclic) bond motifs is 2. The average molecular weight is 479 g/mol. The molecule has 0 aliphatic carbocycles. The average Bonchev–Trinajstić information content (AvgIpc) is 3.43. The maximum Gasteiger partial charge on any atom is 0.163 e. The van der Waals surface area contributed by atoms with Crippen LogP contribution in [0.5, 0.6) is 11.5 Å². The van der Waals surface area contributed by atoms with Crippen LogP contribution in [-0.2, 0) is 0 Å². The van der Waals surface area contributed by atoms with Crippen LogP contribution in [-0.4, -0.2) is 63.6 Å². The molecule has 5 rings (SSSR count). The Kier molecular flexibility index (Phi) is 8.77. The number of hydrogen-bond acceptors (Lipinski definition) is 6. The van der Waals surface area contributed by atoms with Gasteiger partial charge in [-0.1, -0.05) is 6.08 Å². The second-order valence-corrected chi connectivity index (χ2v) is 8.28. The maximum atomic E-state index is 6.12. The number of likely N-dealkylation sites (tertiary alicyclic amines) is 1. The normalized spacial score (nSPS) is 21.4. The van der Waals surface area contributed by atoms with Gasteiger partial charge in [0.15, 0.2) is 11.5 Å². The van der Waals surface area contributed by atoms with Crippen LogP contribution < -0.4 is 25.4 Å². The maximum absolute atomic E-state index is 6.12. The van der Waals surface area contributed by atoms with Crippen LogP contribution in [0, 0.1) is 0 Å². The van der Waals surface area contributed by atoms with Crippen molar-refractivity contribution in [1.29, 1.82) is 0 Å². The number of hydrogen-bond donors (Lipinski definition) is 1. The van der Waals surface area contributed by atoms with Crippen LogP contribution in [0.1, 0.15) is 25.7 Å². The molecular formula is C24H32Cl2N4O2. The zero-order valence-corrected chi connectivity index (χ0v) is 20.1. The molecule has 1 aromatic carbocycles. The van der Waals surface area contributed by atoms with E-state index in [-0.39, 0.29) is 30.9 Å². The van der Waals surface area contributed by atoms with Crippen molar-refractivity contribution in [2.24, 2.45) is 9.98 Å². The molecule has 0 amide bonds. The summed E-state index contributed by atoms with van der Waals surface area (Å²) < 4.78 is 11.8. The van der Waals surface area contributed by atoms with Gasteiger partial charge in [0.05, 0.1) is 30.8 Å². The fourth-order valence-electron chi connectivity index (χ4n) is 4.79. The summed E-state index contributed by atoms with van der Waals surface area (Å²) in [6.45, 7) is 6.16. The standard InChI is InChI=1S/C24H30N4O2.2ClH/c1-29-21-15-18-20(16-22(21)30-14-4-13-28-11-2-3-12-28)27-19-7-10-26-24(23(18)19)17-5-8-25-9-6-17;;/h5,7,10,15-16,24-25H,2-4,6,8-9,11-14H2,1H3;2*1H. The van der Waals surface area contributed by atoms with Gasteiger partial charge in [0, 0.05) is 36.2 Å². The van der Waals surface area contributed by atoms with Crippen molar-refractivity contribution in [1.82, 2.24) is 10.2 Å². The van der Waals surface area contributed by atoms with Crippen molar-refractivity contribution in [2.45, 2.75) is 31.7 Å². The first kappa shape index (κ1) is 24.8. The molecule has 8 heteroatoms. The summed E-state index contributed by atoms with van der Waals surface area (Å²) in [6.07, 6.45) is 10.9. The van der Waals surface area contributed by atoms with E-state index in [0.717, 1.165) is 60.2 Å². The minimum atomic E-state index is 0.